The van der Waals surface area contributed by atoms with Gasteiger partial charge in [-0.3, -0.25) is 9.89 Å². The number of likely N-dealkylation sites (tertiary alicyclic amines) is 1. The molecule has 1 aliphatic rings. The summed E-state index contributed by atoms with van der Waals surface area (Å²) < 4.78 is 10.8. The van der Waals surface area contributed by atoms with Crippen molar-refractivity contribution < 1.29 is 9.47 Å². The van der Waals surface area contributed by atoms with Gasteiger partial charge in [0.2, 0.25) is 5.88 Å². The average molecular weight is 525 g/mol. The summed E-state index contributed by atoms with van der Waals surface area (Å²) in [6.45, 7) is 3.60. The average Bonchev–Trinajstić information content (AvgIpc) is 3.31. The van der Waals surface area contributed by atoms with E-state index in [1.807, 2.05) is 24.3 Å². The molecule has 0 bridgehead atoms. The molecule has 30 heavy (non-hydrogen) atoms. The fourth-order valence-corrected chi connectivity index (χ4v) is 3.70. The van der Waals surface area contributed by atoms with E-state index < -0.39 is 0 Å². The first-order valence-electron chi connectivity index (χ1n) is 10.1. The second-order valence-corrected chi connectivity index (χ2v) is 7.01. The number of para-hydroxylation sites is 1. The van der Waals surface area contributed by atoms with Crippen LogP contribution < -0.4 is 20.1 Å². The third kappa shape index (κ3) is 6.46. The van der Waals surface area contributed by atoms with Gasteiger partial charge in [-0.15, -0.1) is 24.0 Å². The fourth-order valence-electron chi connectivity index (χ4n) is 3.70. The van der Waals surface area contributed by atoms with E-state index in [0.29, 0.717) is 12.4 Å². The number of hydrogen-bond donors (Lipinski definition) is 2. The first-order chi connectivity index (χ1) is 14.2. The van der Waals surface area contributed by atoms with Gasteiger partial charge in [0.05, 0.1) is 20.3 Å². The Kier molecular flexibility index (Phi) is 10.2. The normalized spacial score (nSPS) is 15.2. The summed E-state index contributed by atoms with van der Waals surface area (Å²) in [4.78, 5) is 11.0. The van der Waals surface area contributed by atoms with Crippen LogP contribution in [0, 0.1) is 0 Å². The zero-order valence-corrected chi connectivity index (χ0v) is 20.3. The number of aromatic nitrogens is 1. The van der Waals surface area contributed by atoms with E-state index in [0.717, 1.165) is 36.9 Å². The Bertz CT molecular complexity index is 812. The number of aliphatic imine (C=N–C) groups is 1. The number of guanidine groups is 1. The minimum Gasteiger partial charge on any atom is -0.496 e. The summed E-state index contributed by atoms with van der Waals surface area (Å²) in [6, 6.07) is 12.4. The molecule has 1 fully saturated rings. The lowest BCUT2D eigenvalue weighted by Gasteiger charge is -2.30. The monoisotopic (exact) mass is 525 g/mol. The highest BCUT2D eigenvalue weighted by Crippen LogP contribution is 2.31. The molecule has 1 saturated heterocycles. The summed E-state index contributed by atoms with van der Waals surface area (Å²) in [5.74, 6) is 2.30. The molecule has 0 amide bonds. The molecule has 1 aliphatic heterocycles. The minimum absolute atomic E-state index is 0. The van der Waals surface area contributed by atoms with Gasteiger partial charge >= 0.3 is 0 Å². The molecule has 0 radical (unpaired) electrons. The Balaban J connectivity index is 0.00000320. The second kappa shape index (κ2) is 12.6. The molecule has 8 heteroatoms. The van der Waals surface area contributed by atoms with Gasteiger partial charge in [0.15, 0.2) is 5.96 Å². The summed E-state index contributed by atoms with van der Waals surface area (Å²) in [5.41, 5.74) is 2.29. The highest BCUT2D eigenvalue weighted by Gasteiger charge is 2.26. The maximum absolute atomic E-state index is 5.63. The van der Waals surface area contributed by atoms with Crippen LogP contribution in [-0.2, 0) is 6.54 Å². The lowest BCUT2D eigenvalue weighted by molar-refractivity contribution is 0.239. The van der Waals surface area contributed by atoms with Crippen molar-refractivity contribution in [1.29, 1.82) is 0 Å². The first-order valence-corrected chi connectivity index (χ1v) is 10.1. The van der Waals surface area contributed by atoms with Crippen LogP contribution in [0.3, 0.4) is 0 Å². The number of nitrogens with one attached hydrogen (secondary N) is 2. The predicted molar refractivity (Wildman–Crippen MR) is 131 cm³/mol. The summed E-state index contributed by atoms with van der Waals surface area (Å²) >= 11 is 0. The Morgan fingerprint density at radius 1 is 1.13 bits per heavy atom. The SMILES string of the molecule is CN=C(NCc1ccnc(OC)c1)NCC(c1ccccc1OC)N1CCCC1.I. The second-order valence-electron chi connectivity index (χ2n) is 7.01. The lowest BCUT2D eigenvalue weighted by atomic mass is 10.0. The topological polar surface area (TPSA) is 71.0 Å². The molecule has 1 aromatic heterocycles. The maximum atomic E-state index is 5.63. The van der Waals surface area contributed by atoms with Crippen molar-refractivity contribution in [2.75, 3.05) is 40.9 Å². The van der Waals surface area contributed by atoms with E-state index in [-0.39, 0.29) is 30.0 Å². The van der Waals surface area contributed by atoms with Crippen molar-refractivity contribution in [3.05, 3.63) is 53.7 Å². The molecular formula is C22H32IN5O2. The summed E-state index contributed by atoms with van der Waals surface area (Å²) in [6.07, 6.45) is 4.22. The first kappa shape index (κ1) is 24.2. The molecule has 2 aromatic rings. The summed E-state index contributed by atoms with van der Waals surface area (Å²) in [7, 11) is 5.14. The van der Waals surface area contributed by atoms with Gasteiger partial charge in [0.1, 0.15) is 5.75 Å². The molecule has 7 nitrogen and oxygen atoms in total. The van der Waals surface area contributed by atoms with Crippen molar-refractivity contribution in [2.24, 2.45) is 4.99 Å². The Labute approximate surface area is 196 Å². The van der Waals surface area contributed by atoms with Crippen LogP contribution in [0.15, 0.2) is 47.6 Å². The molecule has 0 spiro atoms. The van der Waals surface area contributed by atoms with Crippen molar-refractivity contribution in [2.45, 2.75) is 25.4 Å². The van der Waals surface area contributed by atoms with Gasteiger partial charge in [-0.25, -0.2) is 4.98 Å². The lowest BCUT2D eigenvalue weighted by Crippen LogP contribution is -2.42. The number of benzene rings is 1. The van der Waals surface area contributed by atoms with Crippen LogP contribution in [0.4, 0.5) is 0 Å². The molecule has 1 atom stereocenters. The van der Waals surface area contributed by atoms with Crippen LogP contribution in [0.1, 0.15) is 30.0 Å². The van der Waals surface area contributed by atoms with Crippen molar-refractivity contribution in [3.63, 3.8) is 0 Å². The molecule has 2 N–H and O–H groups in total. The molecule has 1 unspecified atom stereocenters. The van der Waals surface area contributed by atoms with E-state index in [1.165, 1.54) is 18.4 Å². The number of pyridine rings is 1. The number of methoxy groups -OCH3 is 2. The van der Waals surface area contributed by atoms with Gasteiger partial charge in [-0.1, -0.05) is 18.2 Å². The number of rotatable bonds is 8. The largest absolute Gasteiger partial charge is 0.496 e. The van der Waals surface area contributed by atoms with Crippen LogP contribution in [0.5, 0.6) is 11.6 Å². The van der Waals surface area contributed by atoms with Gasteiger partial charge in [-0.2, -0.15) is 0 Å². The molecule has 2 heterocycles. The summed E-state index contributed by atoms with van der Waals surface area (Å²) in [5, 5.41) is 6.86. The third-order valence-corrected chi connectivity index (χ3v) is 5.23. The standard InChI is InChI=1S/C22H31N5O2.HI/c1-23-22(25-15-17-10-11-24-21(14-17)29-3)26-16-19(27-12-6-7-13-27)18-8-4-5-9-20(18)28-2;/h4-5,8-11,14,19H,6-7,12-13,15-16H2,1-3H3,(H2,23,25,26);1H. The van der Waals surface area contributed by atoms with E-state index >= 15 is 0 Å². The van der Waals surface area contributed by atoms with E-state index in [9.17, 15) is 0 Å². The third-order valence-electron chi connectivity index (χ3n) is 5.23. The minimum atomic E-state index is 0. The smallest absolute Gasteiger partial charge is 0.213 e. The molecule has 0 saturated carbocycles. The van der Waals surface area contributed by atoms with Crippen molar-refractivity contribution in [1.82, 2.24) is 20.5 Å². The van der Waals surface area contributed by atoms with Gasteiger partial charge in [0, 0.05) is 38.0 Å². The van der Waals surface area contributed by atoms with E-state index in [2.05, 4.69) is 37.6 Å². The number of hydrogen-bond acceptors (Lipinski definition) is 5. The highest BCUT2D eigenvalue weighted by molar-refractivity contribution is 14.0. The Morgan fingerprint density at radius 2 is 1.90 bits per heavy atom. The zero-order chi connectivity index (χ0) is 20.5. The molecule has 1 aromatic carbocycles. The quantitative estimate of drug-likeness (QED) is 0.314. The number of nitrogens with zero attached hydrogens (tertiary/aromatic N) is 3. The van der Waals surface area contributed by atoms with Gasteiger partial charge in [-0.05, 0) is 43.6 Å². The Hall–Kier alpha value is -2.07. The van der Waals surface area contributed by atoms with E-state index in [1.54, 1.807) is 27.5 Å². The zero-order valence-electron chi connectivity index (χ0n) is 17.9. The predicted octanol–water partition coefficient (Wildman–Crippen LogP) is 3.22. The maximum Gasteiger partial charge on any atom is 0.213 e. The molecule has 0 aliphatic carbocycles. The molecule has 3 rings (SSSR count). The highest BCUT2D eigenvalue weighted by atomic mass is 127. The van der Waals surface area contributed by atoms with Crippen LogP contribution in [0.2, 0.25) is 0 Å². The van der Waals surface area contributed by atoms with Crippen LogP contribution in [0.25, 0.3) is 0 Å². The van der Waals surface area contributed by atoms with E-state index in [4.69, 9.17) is 9.47 Å². The van der Waals surface area contributed by atoms with Crippen LogP contribution >= 0.6 is 24.0 Å². The molecule has 164 valence electrons. The van der Waals surface area contributed by atoms with Gasteiger partial charge in [0.25, 0.3) is 0 Å². The fraction of sp³-hybridized carbons (Fsp3) is 0.455. The van der Waals surface area contributed by atoms with Crippen LogP contribution in [-0.4, -0.2) is 56.7 Å². The van der Waals surface area contributed by atoms with Crippen molar-refractivity contribution in [3.8, 4) is 11.6 Å². The Morgan fingerprint density at radius 3 is 2.60 bits per heavy atom. The number of halogens is 1. The van der Waals surface area contributed by atoms with Gasteiger partial charge < -0.3 is 20.1 Å². The van der Waals surface area contributed by atoms with Crippen molar-refractivity contribution >= 4 is 29.9 Å². The molecular weight excluding hydrogens is 493 g/mol. The number of ether oxygens (including phenoxy) is 2.